The fourth-order valence-electron chi connectivity index (χ4n) is 1.35. The fourth-order valence-corrected chi connectivity index (χ4v) is 1.69. The molecule has 0 radical (unpaired) electrons. The van der Waals surface area contributed by atoms with Crippen molar-refractivity contribution in [3.63, 3.8) is 0 Å². The predicted octanol–water partition coefficient (Wildman–Crippen LogP) is 3.38. The van der Waals surface area contributed by atoms with E-state index in [0.717, 1.165) is 23.3 Å². The molecule has 0 saturated heterocycles. The minimum atomic E-state index is 0.688. The van der Waals surface area contributed by atoms with E-state index >= 15 is 0 Å². The van der Waals surface area contributed by atoms with Crippen molar-refractivity contribution in [1.29, 1.82) is 0 Å². The van der Waals surface area contributed by atoms with Crippen molar-refractivity contribution >= 4 is 15.9 Å². The van der Waals surface area contributed by atoms with E-state index in [2.05, 4.69) is 48.1 Å². The second-order valence-corrected chi connectivity index (χ2v) is 5.27. The highest BCUT2D eigenvalue weighted by Crippen LogP contribution is 2.22. The van der Waals surface area contributed by atoms with Crippen LogP contribution in [0.1, 0.15) is 19.4 Å². The summed E-state index contributed by atoms with van der Waals surface area (Å²) in [6.45, 7) is 9.11. The number of halogens is 1. The van der Waals surface area contributed by atoms with Crippen molar-refractivity contribution in [1.82, 2.24) is 5.32 Å². The molecule has 90 valence electrons. The lowest BCUT2D eigenvalue weighted by Gasteiger charge is -2.11. The van der Waals surface area contributed by atoms with E-state index in [9.17, 15) is 0 Å². The van der Waals surface area contributed by atoms with E-state index in [1.54, 1.807) is 0 Å². The van der Waals surface area contributed by atoms with Gasteiger partial charge in [-0.3, -0.25) is 0 Å². The van der Waals surface area contributed by atoms with Gasteiger partial charge in [-0.15, -0.1) is 0 Å². The van der Waals surface area contributed by atoms with Crippen LogP contribution >= 0.6 is 15.9 Å². The number of nitrogens with one attached hydrogen (secondary N) is 1. The molecule has 2 nitrogen and oxygen atoms in total. The molecule has 0 amide bonds. The van der Waals surface area contributed by atoms with Gasteiger partial charge >= 0.3 is 0 Å². The second kappa shape index (κ2) is 6.92. The van der Waals surface area contributed by atoms with Gasteiger partial charge in [0.15, 0.2) is 0 Å². The van der Waals surface area contributed by atoms with Crippen LogP contribution in [-0.4, -0.2) is 19.7 Å². The van der Waals surface area contributed by atoms with Crippen LogP contribution in [0.2, 0.25) is 0 Å². The van der Waals surface area contributed by atoms with E-state index in [1.165, 1.54) is 5.56 Å². The minimum Gasteiger partial charge on any atom is -0.492 e. The van der Waals surface area contributed by atoms with Crippen molar-refractivity contribution in [3.05, 3.63) is 28.2 Å². The molecule has 16 heavy (non-hydrogen) atoms. The Kier molecular flexibility index (Phi) is 5.85. The van der Waals surface area contributed by atoms with E-state index in [4.69, 9.17) is 4.74 Å². The highest BCUT2D eigenvalue weighted by molar-refractivity contribution is 9.10. The maximum absolute atomic E-state index is 5.71. The summed E-state index contributed by atoms with van der Waals surface area (Å²) in [6, 6.07) is 6.10. The molecular weight excluding hydrogens is 266 g/mol. The van der Waals surface area contributed by atoms with Gasteiger partial charge in [0, 0.05) is 11.0 Å². The summed E-state index contributed by atoms with van der Waals surface area (Å²) < 4.78 is 6.77. The highest BCUT2D eigenvalue weighted by atomic mass is 79.9. The Morgan fingerprint density at radius 3 is 2.81 bits per heavy atom. The summed E-state index contributed by atoms with van der Waals surface area (Å²) in [7, 11) is 0. The first-order chi connectivity index (χ1) is 7.59. The van der Waals surface area contributed by atoms with Gasteiger partial charge in [0.2, 0.25) is 0 Å². The molecule has 0 aliphatic rings. The monoisotopic (exact) mass is 285 g/mol. The second-order valence-electron chi connectivity index (χ2n) is 4.36. The smallest absolute Gasteiger partial charge is 0.123 e. The topological polar surface area (TPSA) is 21.3 Å². The molecule has 0 atom stereocenters. The Bertz CT molecular complexity index is 326. The fraction of sp³-hybridized carbons (Fsp3) is 0.538. The SMILES string of the molecule is Cc1ccc(Br)cc1OCCNCC(C)C. The minimum absolute atomic E-state index is 0.688. The van der Waals surface area contributed by atoms with Gasteiger partial charge in [-0.25, -0.2) is 0 Å². The van der Waals surface area contributed by atoms with Gasteiger partial charge in [0.1, 0.15) is 12.4 Å². The zero-order chi connectivity index (χ0) is 12.0. The summed E-state index contributed by atoms with van der Waals surface area (Å²) in [5, 5.41) is 3.35. The summed E-state index contributed by atoms with van der Waals surface area (Å²) in [4.78, 5) is 0. The van der Waals surface area contributed by atoms with Crippen molar-refractivity contribution < 1.29 is 4.74 Å². The molecule has 1 N–H and O–H groups in total. The van der Waals surface area contributed by atoms with Gasteiger partial charge in [-0.1, -0.05) is 35.8 Å². The number of benzene rings is 1. The Morgan fingerprint density at radius 1 is 1.38 bits per heavy atom. The first-order valence-corrected chi connectivity index (χ1v) is 6.48. The quantitative estimate of drug-likeness (QED) is 0.809. The third kappa shape index (κ3) is 4.99. The Balaban J connectivity index is 2.29. The van der Waals surface area contributed by atoms with Crippen LogP contribution in [0.5, 0.6) is 5.75 Å². The Hall–Kier alpha value is -0.540. The zero-order valence-corrected chi connectivity index (χ0v) is 11.8. The van der Waals surface area contributed by atoms with Crippen LogP contribution in [0.4, 0.5) is 0 Å². The molecule has 3 heteroatoms. The summed E-state index contributed by atoms with van der Waals surface area (Å²) in [5.74, 6) is 1.65. The maximum atomic E-state index is 5.71. The van der Waals surface area contributed by atoms with Crippen molar-refractivity contribution in [2.75, 3.05) is 19.7 Å². The van der Waals surface area contributed by atoms with E-state index in [1.807, 2.05) is 12.1 Å². The average Bonchev–Trinajstić information content (AvgIpc) is 2.22. The third-order valence-electron chi connectivity index (χ3n) is 2.24. The summed E-state index contributed by atoms with van der Waals surface area (Å²) >= 11 is 3.44. The number of hydrogen-bond donors (Lipinski definition) is 1. The molecular formula is C13H20BrNO. The van der Waals surface area contributed by atoms with Gasteiger partial charge in [0.25, 0.3) is 0 Å². The van der Waals surface area contributed by atoms with Crippen molar-refractivity contribution in [3.8, 4) is 5.75 Å². The van der Waals surface area contributed by atoms with E-state index < -0.39 is 0 Å². The third-order valence-corrected chi connectivity index (χ3v) is 2.73. The standard InChI is InChI=1S/C13H20BrNO/c1-10(2)9-15-6-7-16-13-8-12(14)5-4-11(13)3/h4-5,8,10,15H,6-7,9H2,1-3H3. The molecule has 1 aromatic carbocycles. The van der Waals surface area contributed by atoms with Crippen molar-refractivity contribution in [2.45, 2.75) is 20.8 Å². The molecule has 1 rings (SSSR count). The Morgan fingerprint density at radius 2 is 2.12 bits per heavy atom. The molecule has 0 heterocycles. The number of rotatable bonds is 6. The molecule has 0 aliphatic carbocycles. The highest BCUT2D eigenvalue weighted by Gasteiger charge is 2.00. The largest absolute Gasteiger partial charge is 0.492 e. The van der Waals surface area contributed by atoms with Crippen LogP contribution in [0.25, 0.3) is 0 Å². The number of hydrogen-bond acceptors (Lipinski definition) is 2. The molecule has 0 fully saturated rings. The lowest BCUT2D eigenvalue weighted by Crippen LogP contribution is -2.25. The van der Waals surface area contributed by atoms with Crippen LogP contribution in [-0.2, 0) is 0 Å². The predicted molar refractivity (Wildman–Crippen MR) is 72.1 cm³/mol. The molecule has 1 aromatic rings. The average molecular weight is 286 g/mol. The van der Waals surface area contributed by atoms with Crippen LogP contribution in [0, 0.1) is 12.8 Å². The van der Waals surface area contributed by atoms with Gasteiger partial charge in [-0.2, -0.15) is 0 Å². The summed E-state index contributed by atoms with van der Waals surface area (Å²) in [5.41, 5.74) is 1.17. The molecule has 0 aromatic heterocycles. The van der Waals surface area contributed by atoms with E-state index in [0.29, 0.717) is 12.5 Å². The molecule has 0 aliphatic heterocycles. The van der Waals surface area contributed by atoms with Gasteiger partial charge in [0.05, 0.1) is 0 Å². The molecule has 0 unspecified atom stereocenters. The van der Waals surface area contributed by atoms with Gasteiger partial charge in [-0.05, 0) is 37.1 Å². The van der Waals surface area contributed by atoms with Gasteiger partial charge < -0.3 is 10.1 Å². The lowest BCUT2D eigenvalue weighted by molar-refractivity contribution is 0.309. The van der Waals surface area contributed by atoms with E-state index in [-0.39, 0.29) is 0 Å². The molecule has 0 spiro atoms. The Labute approximate surface area is 107 Å². The molecule has 0 saturated carbocycles. The normalized spacial score (nSPS) is 10.8. The van der Waals surface area contributed by atoms with Crippen molar-refractivity contribution in [2.24, 2.45) is 5.92 Å². The lowest BCUT2D eigenvalue weighted by atomic mass is 10.2. The first-order valence-electron chi connectivity index (χ1n) is 5.69. The molecule has 0 bridgehead atoms. The maximum Gasteiger partial charge on any atom is 0.123 e. The van der Waals surface area contributed by atoms with Crippen LogP contribution in [0.3, 0.4) is 0 Å². The van der Waals surface area contributed by atoms with Crippen LogP contribution < -0.4 is 10.1 Å². The summed E-state index contributed by atoms with van der Waals surface area (Å²) in [6.07, 6.45) is 0. The number of aryl methyl sites for hydroxylation is 1. The van der Waals surface area contributed by atoms with Crippen LogP contribution in [0.15, 0.2) is 22.7 Å². The first kappa shape index (κ1) is 13.5. The zero-order valence-electron chi connectivity index (χ0n) is 10.2. The number of ether oxygens (including phenoxy) is 1.